The van der Waals surface area contributed by atoms with E-state index < -0.39 is 0 Å². The Morgan fingerprint density at radius 2 is 1.00 bits per heavy atom. The molecular formula is AlGaInOZn+9. The van der Waals surface area contributed by atoms with Crippen LogP contribution in [0, 0.1) is 0 Å². The summed E-state index contributed by atoms with van der Waals surface area (Å²) in [5.74, 6) is 0. The molecule has 0 heterocycles. The molecule has 8 valence electrons. The summed E-state index contributed by atoms with van der Waals surface area (Å²) >= 11 is 0. The normalized spacial score (nSPS) is 0. The molecule has 0 aliphatic carbocycles. The second kappa shape index (κ2) is 30.4. The van der Waals surface area contributed by atoms with Gasteiger partial charge in [-0.1, -0.05) is 0 Å². The Balaban J connectivity index is 0. The Bertz CT molecular complexity index is 11.6. The minimum atomic E-state index is 0. The van der Waals surface area contributed by atoms with Crippen LogP contribution in [0.1, 0.15) is 0 Å². The molecule has 0 unspecified atom stereocenters. The molecule has 0 atom stereocenters. The van der Waals surface area contributed by atoms with Gasteiger partial charge in [-0.3, -0.25) is 0 Å². The smallest absolute Gasteiger partial charge is 2.00 e. The van der Waals surface area contributed by atoms with Gasteiger partial charge in [0.2, 0.25) is 0 Å². The van der Waals surface area contributed by atoms with Crippen molar-refractivity contribution < 1.29 is 25.0 Å². The third-order valence-corrected chi connectivity index (χ3v) is 0. The third kappa shape index (κ3) is 20.6. The standard InChI is InChI=1S/Al.Ga.In.O.Zn/q3*+3;-2;+2. The van der Waals surface area contributed by atoms with Crippen LogP contribution in [0.5, 0.6) is 0 Å². The van der Waals surface area contributed by atoms with E-state index in [9.17, 15) is 0 Å². The molecule has 0 rings (SSSR count). The molecule has 5 heteroatoms. The number of hydrogen-bond donors (Lipinski definition) is 0. The predicted octanol–water partition coefficient (Wildman–Crippen LogP) is -1.26. The van der Waals surface area contributed by atoms with Crippen molar-refractivity contribution >= 4 is 63.0 Å². The van der Waals surface area contributed by atoms with E-state index in [0.717, 1.165) is 0 Å². The molecule has 0 aliphatic rings. The first-order valence-electron chi connectivity index (χ1n) is 0. The fourth-order valence-electron chi connectivity index (χ4n) is 0. The number of hydrogen-bond acceptors (Lipinski definition) is 0. The van der Waals surface area contributed by atoms with E-state index in [4.69, 9.17) is 0 Å². The molecule has 0 aromatic rings. The van der Waals surface area contributed by atoms with E-state index in [1.54, 1.807) is 0 Å². The molecule has 0 aromatic heterocycles. The van der Waals surface area contributed by atoms with Gasteiger partial charge in [-0.2, -0.15) is 0 Å². The summed E-state index contributed by atoms with van der Waals surface area (Å²) in [7, 11) is 0. The van der Waals surface area contributed by atoms with Gasteiger partial charge in [0.05, 0.1) is 0 Å². The average Bonchev–Trinajstić information content (AvgIpc) is 0. The topological polar surface area (TPSA) is 28.5 Å². The first kappa shape index (κ1) is 48.6. The van der Waals surface area contributed by atoms with Gasteiger partial charge in [-0.05, 0) is 0 Å². The Hall–Kier alpha value is 2.62. The molecule has 0 bridgehead atoms. The van der Waals surface area contributed by atoms with Crippen molar-refractivity contribution in [1.82, 2.24) is 0 Å². The van der Waals surface area contributed by atoms with E-state index >= 15 is 0 Å². The molecule has 0 spiro atoms. The van der Waals surface area contributed by atoms with Crippen LogP contribution in [0.3, 0.4) is 0 Å². The van der Waals surface area contributed by atoms with Crippen molar-refractivity contribution in [3.8, 4) is 0 Å². The fraction of sp³-hybridized carbons (Fsp3) is 0. The Morgan fingerprint density at radius 1 is 1.00 bits per heavy atom. The molecule has 5 heavy (non-hydrogen) atoms. The molecule has 0 aliphatic heterocycles. The van der Waals surface area contributed by atoms with Crippen LogP contribution in [0.25, 0.3) is 0 Å². The molecule has 0 fully saturated rings. The zero-order chi connectivity index (χ0) is 0. The van der Waals surface area contributed by atoms with Gasteiger partial charge < -0.3 is 5.48 Å². The van der Waals surface area contributed by atoms with E-state index in [1.807, 2.05) is 0 Å². The van der Waals surface area contributed by atoms with Gasteiger partial charge in [-0.15, -0.1) is 0 Å². The first-order chi connectivity index (χ1) is 0. The Morgan fingerprint density at radius 3 is 1.00 bits per heavy atom. The molecule has 0 saturated carbocycles. The largest absolute Gasteiger partial charge is 3.00 e. The van der Waals surface area contributed by atoms with Crippen molar-refractivity contribution in [2.75, 3.05) is 0 Å². The van der Waals surface area contributed by atoms with Gasteiger partial charge in [0.15, 0.2) is 0 Å². The van der Waals surface area contributed by atoms with Crippen LogP contribution in [0.2, 0.25) is 0 Å². The molecule has 0 aromatic carbocycles. The van der Waals surface area contributed by atoms with E-state index in [1.165, 1.54) is 0 Å². The summed E-state index contributed by atoms with van der Waals surface area (Å²) in [4.78, 5) is 0. The second-order valence-corrected chi connectivity index (χ2v) is 0. The zero-order valence-electron chi connectivity index (χ0n) is 2.85. The maximum Gasteiger partial charge on any atom is 3.00 e. The molecule has 0 saturated heterocycles. The molecule has 1 nitrogen and oxygen atoms in total. The van der Waals surface area contributed by atoms with Gasteiger partial charge >= 0.3 is 82.5 Å². The predicted molar refractivity (Wildman–Crippen MR) is 17.9 cm³/mol. The van der Waals surface area contributed by atoms with Crippen molar-refractivity contribution in [1.29, 1.82) is 0 Å². The monoisotopic (exact) mass is 291 g/mol. The van der Waals surface area contributed by atoms with E-state index in [0.29, 0.717) is 0 Å². The Kier molecular flexibility index (Phi) is 296. The fourth-order valence-corrected chi connectivity index (χ4v) is 0. The number of rotatable bonds is 0. The van der Waals surface area contributed by atoms with Crippen LogP contribution in [0.4, 0.5) is 0 Å². The Labute approximate surface area is 86.7 Å². The minimum Gasteiger partial charge on any atom is -2.00 e. The van der Waals surface area contributed by atoms with Crippen LogP contribution < -0.4 is 0 Å². The molecule has 0 radical (unpaired) electrons. The van der Waals surface area contributed by atoms with E-state index in [2.05, 4.69) is 0 Å². The van der Waals surface area contributed by atoms with Gasteiger partial charge in [0.1, 0.15) is 0 Å². The summed E-state index contributed by atoms with van der Waals surface area (Å²) in [6.07, 6.45) is 0. The molecular weight excluding hydrogens is 293 g/mol. The van der Waals surface area contributed by atoms with Gasteiger partial charge in [-0.25, -0.2) is 0 Å². The summed E-state index contributed by atoms with van der Waals surface area (Å²) in [5.41, 5.74) is 0. The maximum atomic E-state index is 0. The van der Waals surface area contributed by atoms with E-state index in [-0.39, 0.29) is 87.9 Å². The summed E-state index contributed by atoms with van der Waals surface area (Å²) in [6, 6.07) is 0. The van der Waals surface area contributed by atoms with Crippen molar-refractivity contribution in [3.05, 3.63) is 0 Å². The summed E-state index contributed by atoms with van der Waals surface area (Å²) in [5, 5.41) is 0. The van der Waals surface area contributed by atoms with Crippen LogP contribution in [-0.4, -0.2) is 63.0 Å². The summed E-state index contributed by atoms with van der Waals surface area (Å²) in [6.45, 7) is 0. The van der Waals surface area contributed by atoms with Crippen molar-refractivity contribution in [2.24, 2.45) is 0 Å². The van der Waals surface area contributed by atoms with Crippen molar-refractivity contribution in [3.63, 3.8) is 0 Å². The zero-order valence-corrected chi connectivity index (χ0v) is 12.7. The first-order valence-corrected chi connectivity index (χ1v) is 0. The van der Waals surface area contributed by atoms with Crippen LogP contribution in [-0.2, 0) is 25.0 Å². The van der Waals surface area contributed by atoms with Gasteiger partial charge in [0, 0.05) is 0 Å². The maximum absolute atomic E-state index is 0. The quantitative estimate of drug-likeness (QED) is 0.499. The van der Waals surface area contributed by atoms with Gasteiger partial charge in [0.25, 0.3) is 0 Å². The van der Waals surface area contributed by atoms with Crippen molar-refractivity contribution in [2.45, 2.75) is 0 Å². The third-order valence-electron chi connectivity index (χ3n) is 0. The average molecular weight is 293 g/mol. The SMILES string of the molecule is [Al+3].[Ga+3].[In+3].[O-2].[Zn+2]. The molecule has 0 N–H and O–H groups in total. The summed E-state index contributed by atoms with van der Waals surface area (Å²) < 4.78 is 0. The van der Waals surface area contributed by atoms with Crippen LogP contribution in [0.15, 0.2) is 0 Å². The second-order valence-electron chi connectivity index (χ2n) is 0. The van der Waals surface area contributed by atoms with Crippen LogP contribution >= 0.6 is 0 Å². The molecule has 0 amide bonds. The minimum absolute atomic E-state index is 0.